The van der Waals surface area contributed by atoms with Crippen LogP contribution < -0.4 is 10.2 Å². The highest BCUT2D eigenvalue weighted by molar-refractivity contribution is 5.92. The van der Waals surface area contributed by atoms with Gasteiger partial charge < -0.3 is 15.0 Å². The van der Waals surface area contributed by atoms with Gasteiger partial charge in [0.2, 0.25) is 5.91 Å². The van der Waals surface area contributed by atoms with Crippen LogP contribution in [0.25, 0.3) is 0 Å². The monoisotopic (exact) mass is 426 g/mol. The van der Waals surface area contributed by atoms with E-state index < -0.39 is 0 Å². The number of morpholine rings is 1. The summed E-state index contributed by atoms with van der Waals surface area (Å²) in [6, 6.07) is 14.8. The lowest BCUT2D eigenvalue weighted by molar-refractivity contribution is -0.117. The average Bonchev–Trinajstić information content (AvgIpc) is 3.02. The van der Waals surface area contributed by atoms with E-state index in [-0.39, 0.29) is 11.7 Å². The molecule has 4 rings (SSSR count). The summed E-state index contributed by atoms with van der Waals surface area (Å²) in [6.07, 6.45) is 0.973. The Morgan fingerprint density at radius 1 is 0.871 bits per heavy atom. The van der Waals surface area contributed by atoms with Crippen molar-refractivity contribution in [1.29, 1.82) is 0 Å². The van der Waals surface area contributed by atoms with Crippen molar-refractivity contribution in [1.82, 2.24) is 9.80 Å². The highest BCUT2D eigenvalue weighted by Gasteiger charge is 2.18. The van der Waals surface area contributed by atoms with E-state index in [2.05, 4.69) is 32.1 Å². The van der Waals surface area contributed by atoms with Gasteiger partial charge in [0, 0.05) is 57.2 Å². The molecule has 0 unspecified atom stereocenters. The molecule has 2 saturated heterocycles. The van der Waals surface area contributed by atoms with Crippen LogP contribution in [0.4, 0.5) is 15.8 Å². The number of hydrogen-bond acceptors (Lipinski definition) is 5. The molecule has 0 radical (unpaired) electrons. The van der Waals surface area contributed by atoms with Crippen molar-refractivity contribution in [3.8, 4) is 0 Å². The highest BCUT2D eigenvalue weighted by Crippen LogP contribution is 2.17. The van der Waals surface area contributed by atoms with E-state index in [0.29, 0.717) is 6.54 Å². The molecule has 2 aliphatic rings. The molecule has 2 aromatic rings. The van der Waals surface area contributed by atoms with Gasteiger partial charge in [0.15, 0.2) is 0 Å². The lowest BCUT2D eigenvalue weighted by Crippen LogP contribution is -2.36. The maximum Gasteiger partial charge on any atom is 0.238 e. The van der Waals surface area contributed by atoms with E-state index in [1.165, 1.54) is 17.7 Å². The van der Waals surface area contributed by atoms with Crippen LogP contribution in [0.15, 0.2) is 48.5 Å². The summed E-state index contributed by atoms with van der Waals surface area (Å²) in [5.74, 6) is -0.206. The van der Waals surface area contributed by atoms with Crippen molar-refractivity contribution in [2.45, 2.75) is 13.0 Å². The third-order valence-corrected chi connectivity index (χ3v) is 5.90. The van der Waals surface area contributed by atoms with Gasteiger partial charge in [0.1, 0.15) is 5.82 Å². The normalized spacial score (nSPS) is 18.5. The van der Waals surface area contributed by atoms with Crippen LogP contribution in [-0.2, 0) is 16.1 Å². The number of carbonyl (C=O) groups excluding carboxylic acids is 1. The first-order chi connectivity index (χ1) is 15.2. The lowest BCUT2D eigenvalue weighted by atomic mass is 10.2. The first-order valence-electron chi connectivity index (χ1n) is 11.1. The zero-order chi connectivity index (χ0) is 21.5. The summed E-state index contributed by atoms with van der Waals surface area (Å²) in [6.45, 7) is 8.25. The first-order valence-corrected chi connectivity index (χ1v) is 11.1. The van der Waals surface area contributed by atoms with Crippen molar-refractivity contribution in [3.63, 3.8) is 0 Å². The van der Waals surface area contributed by atoms with Crippen LogP contribution in [-0.4, -0.2) is 74.7 Å². The molecule has 0 aliphatic carbocycles. The number of ether oxygens (including phenoxy) is 1. The van der Waals surface area contributed by atoms with Gasteiger partial charge in [-0.05, 0) is 48.4 Å². The molecule has 1 N–H and O–H groups in total. The number of rotatable bonds is 6. The maximum atomic E-state index is 13.2. The van der Waals surface area contributed by atoms with Crippen molar-refractivity contribution in [3.05, 3.63) is 59.9 Å². The van der Waals surface area contributed by atoms with Gasteiger partial charge >= 0.3 is 0 Å². The van der Waals surface area contributed by atoms with E-state index in [1.54, 1.807) is 0 Å². The van der Waals surface area contributed by atoms with Gasteiger partial charge in [-0.3, -0.25) is 14.6 Å². The molecular weight excluding hydrogens is 395 g/mol. The van der Waals surface area contributed by atoms with Gasteiger partial charge in [0.05, 0.1) is 19.8 Å². The largest absolute Gasteiger partial charge is 0.379 e. The first kappa shape index (κ1) is 21.7. The third kappa shape index (κ3) is 6.50. The summed E-state index contributed by atoms with van der Waals surface area (Å²) in [4.78, 5) is 19.4. The summed E-state index contributed by atoms with van der Waals surface area (Å²) >= 11 is 0. The minimum Gasteiger partial charge on any atom is -0.379 e. The second-order valence-electron chi connectivity index (χ2n) is 8.23. The molecule has 2 aromatic carbocycles. The number of halogens is 1. The number of nitrogens with one attached hydrogen (secondary N) is 1. The van der Waals surface area contributed by atoms with E-state index in [4.69, 9.17) is 4.74 Å². The second kappa shape index (κ2) is 10.7. The zero-order valence-corrected chi connectivity index (χ0v) is 17.9. The van der Waals surface area contributed by atoms with E-state index in [9.17, 15) is 9.18 Å². The molecule has 7 heteroatoms. The SMILES string of the molecule is O=C(CN1CCCN(c2ccc(F)cc2)CC1)Nc1ccc(CN2CCOCC2)cc1. The van der Waals surface area contributed by atoms with Crippen LogP contribution in [0, 0.1) is 5.82 Å². The number of anilines is 2. The second-order valence-corrected chi connectivity index (χ2v) is 8.23. The van der Waals surface area contributed by atoms with Crippen LogP contribution in [0.5, 0.6) is 0 Å². The van der Waals surface area contributed by atoms with Crippen LogP contribution in [0.3, 0.4) is 0 Å². The fraction of sp³-hybridized carbons (Fsp3) is 0.458. The highest BCUT2D eigenvalue weighted by atomic mass is 19.1. The molecular formula is C24H31FN4O2. The molecule has 166 valence electrons. The predicted octanol–water partition coefficient (Wildman–Crippen LogP) is 2.81. The molecule has 0 saturated carbocycles. The Kier molecular flexibility index (Phi) is 7.51. The summed E-state index contributed by atoms with van der Waals surface area (Å²) in [5, 5.41) is 3.02. The summed E-state index contributed by atoms with van der Waals surface area (Å²) < 4.78 is 18.6. The molecule has 31 heavy (non-hydrogen) atoms. The van der Waals surface area contributed by atoms with Crippen molar-refractivity contribution >= 4 is 17.3 Å². The lowest BCUT2D eigenvalue weighted by Gasteiger charge is -2.26. The Labute approximate surface area is 183 Å². The minimum atomic E-state index is -0.217. The van der Waals surface area contributed by atoms with Crippen molar-refractivity contribution < 1.29 is 13.9 Å². The van der Waals surface area contributed by atoms with Gasteiger partial charge in [-0.2, -0.15) is 0 Å². The summed E-state index contributed by atoms with van der Waals surface area (Å²) in [7, 11) is 0. The van der Waals surface area contributed by atoms with Crippen LogP contribution in [0.1, 0.15) is 12.0 Å². The molecule has 1 amide bonds. The topological polar surface area (TPSA) is 48.1 Å². The number of hydrogen-bond donors (Lipinski definition) is 1. The standard InChI is InChI=1S/C24H31FN4O2/c25-21-4-8-23(9-5-21)29-11-1-10-27(12-13-29)19-24(30)26-22-6-2-20(3-7-22)18-28-14-16-31-17-15-28/h2-9H,1,10-19H2,(H,26,30). The fourth-order valence-electron chi connectivity index (χ4n) is 4.15. The molecule has 2 heterocycles. The van der Waals surface area contributed by atoms with Gasteiger partial charge in [-0.15, -0.1) is 0 Å². The Bertz CT molecular complexity index is 838. The fourth-order valence-corrected chi connectivity index (χ4v) is 4.15. The smallest absolute Gasteiger partial charge is 0.238 e. The van der Waals surface area contributed by atoms with Crippen molar-refractivity contribution in [2.24, 2.45) is 0 Å². The Balaban J connectivity index is 1.23. The minimum absolute atomic E-state index is 0.0103. The van der Waals surface area contributed by atoms with Crippen LogP contribution in [0.2, 0.25) is 0 Å². The number of carbonyl (C=O) groups is 1. The van der Waals surface area contributed by atoms with Gasteiger partial charge in [-0.1, -0.05) is 12.1 Å². The van der Waals surface area contributed by atoms with Gasteiger partial charge in [0.25, 0.3) is 0 Å². The molecule has 0 atom stereocenters. The maximum absolute atomic E-state index is 13.2. The molecule has 2 fully saturated rings. The van der Waals surface area contributed by atoms with Gasteiger partial charge in [-0.25, -0.2) is 4.39 Å². The number of benzene rings is 2. The predicted molar refractivity (Wildman–Crippen MR) is 121 cm³/mol. The van der Waals surface area contributed by atoms with Crippen LogP contribution >= 0.6 is 0 Å². The third-order valence-electron chi connectivity index (χ3n) is 5.90. The Morgan fingerprint density at radius 3 is 2.35 bits per heavy atom. The Hall–Kier alpha value is -2.48. The number of amides is 1. The van der Waals surface area contributed by atoms with Crippen molar-refractivity contribution in [2.75, 3.05) is 69.2 Å². The van der Waals surface area contributed by atoms with E-state index >= 15 is 0 Å². The Morgan fingerprint density at radius 2 is 1.61 bits per heavy atom. The van der Waals surface area contributed by atoms with E-state index in [0.717, 1.165) is 76.8 Å². The molecule has 0 aromatic heterocycles. The summed E-state index contributed by atoms with van der Waals surface area (Å²) in [5.41, 5.74) is 3.11. The quantitative estimate of drug-likeness (QED) is 0.770. The molecule has 0 bridgehead atoms. The van der Waals surface area contributed by atoms with E-state index in [1.807, 2.05) is 24.3 Å². The number of nitrogens with zero attached hydrogens (tertiary/aromatic N) is 3. The molecule has 2 aliphatic heterocycles. The zero-order valence-electron chi connectivity index (χ0n) is 17.9. The molecule has 6 nitrogen and oxygen atoms in total. The molecule has 0 spiro atoms. The average molecular weight is 427 g/mol.